The third kappa shape index (κ3) is 5.19. The van der Waals surface area contributed by atoms with Crippen LogP contribution in [0.4, 0.5) is 0 Å². The lowest BCUT2D eigenvalue weighted by Gasteiger charge is -2.06. The molecule has 0 saturated carbocycles. The van der Waals surface area contributed by atoms with Gasteiger partial charge in [0, 0.05) is 23.9 Å². The second kappa shape index (κ2) is 9.56. The van der Waals surface area contributed by atoms with E-state index in [2.05, 4.69) is 40.8 Å². The second-order valence-corrected chi connectivity index (χ2v) is 6.32. The van der Waals surface area contributed by atoms with Gasteiger partial charge in [0.05, 0.1) is 31.8 Å². The first-order chi connectivity index (χ1) is 13.3. The molecule has 27 heavy (non-hydrogen) atoms. The summed E-state index contributed by atoms with van der Waals surface area (Å²) < 4.78 is 7.06. The van der Waals surface area contributed by atoms with E-state index in [0.717, 1.165) is 42.1 Å². The Kier molecular flexibility index (Phi) is 6.61. The smallest absolute Gasteiger partial charge is 0.118 e. The third-order valence-corrected chi connectivity index (χ3v) is 4.40. The molecule has 0 fully saturated rings. The molecule has 0 unspecified atom stereocenters. The predicted molar refractivity (Wildman–Crippen MR) is 106 cm³/mol. The number of ether oxygens (including phenoxy) is 1. The fraction of sp³-hybridized carbons (Fsp3) is 0.273. The zero-order valence-corrected chi connectivity index (χ0v) is 15.6. The minimum absolute atomic E-state index is 0.459. The van der Waals surface area contributed by atoms with Gasteiger partial charge in [0.25, 0.3) is 0 Å². The van der Waals surface area contributed by atoms with Gasteiger partial charge in [-0.1, -0.05) is 42.5 Å². The number of benzene rings is 2. The Morgan fingerprint density at radius 1 is 1.11 bits per heavy atom. The molecule has 0 aliphatic rings. The average molecular weight is 360 g/mol. The van der Waals surface area contributed by atoms with Gasteiger partial charge in [0.15, 0.2) is 0 Å². The van der Waals surface area contributed by atoms with Gasteiger partial charge >= 0.3 is 0 Å². The molecule has 1 aromatic heterocycles. The Labute approximate surface area is 160 Å². The second-order valence-electron chi connectivity index (χ2n) is 6.32. The number of nitrogens with zero attached hydrogens (tertiary/aromatic N) is 3. The van der Waals surface area contributed by atoms with Crippen molar-refractivity contribution in [1.82, 2.24) is 15.1 Å². The van der Waals surface area contributed by atoms with Gasteiger partial charge in [0.2, 0.25) is 0 Å². The van der Waals surface area contributed by atoms with Gasteiger partial charge in [-0.2, -0.15) is 10.4 Å². The van der Waals surface area contributed by atoms with Gasteiger partial charge in [-0.05, 0) is 30.7 Å². The van der Waals surface area contributed by atoms with E-state index in [1.54, 1.807) is 7.11 Å². The van der Waals surface area contributed by atoms with Crippen LogP contribution in [-0.2, 0) is 19.5 Å². The van der Waals surface area contributed by atoms with Crippen molar-refractivity contribution in [3.05, 3.63) is 71.9 Å². The lowest BCUT2D eigenvalue weighted by Crippen LogP contribution is -2.16. The van der Waals surface area contributed by atoms with Crippen molar-refractivity contribution >= 4 is 0 Å². The molecule has 1 heterocycles. The fourth-order valence-corrected chi connectivity index (χ4v) is 2.96. The maximum atomic E-state index is 8.82. The van der Waals surface area contributed by atoms with E-state index in [1.165, 1.54) is 5.56 Å². The highest BCUT2D eigenvalue weighted by Crippen LogP contribution is 2.22. The summed E-state index contributed by atoms with van der Waals surface area (Å²) in [5.41, 5.74) is 4.50. The molecule has 3 aromatic rings. The number of nitriles is 1. The first kappa shape index (κ1) is 18.7. The Morgan fingerprint density at radius 2 is 1.89 bits per heavy atom. The summed E-state index contributed by atoms with van der Waals surface area (Å²) in [5, 5.41) is 17.0. The molecule has 0 radical (unpaired) electrons. The summed E-state index contributed by atoms with van der Waals surface area (Å²) >= 11 is 0. The molecule has 5 nitrogen and oxygen atoms in total. The molecule has 2 aromatic carbocycles. The summed E-state index contributed by atoms with van der Waals surface area (Å²) in [6.07, 6.45) is 3.45. The van der Waals surface area contributed by atoms with Crippen molar-refractivity contribution in [2.75, 3.05) is 13.7 Å². The van der Waals surface area contributed by atoms with Gasteiger partial charge in [0.1, 0.15) is 5.75 Å². The highest BCUT2D eigenvalue weighted by Gasteiger charge is 2.10. The van der Waals surface area contributed by atoms with Crippen LogP contribution in [0.5, 0.6) is 5.75 Å². The van der Waals surface area contributed by atoms with Crippen molar-refractivity contribution in [3.63, 3.8) is 0 Å². The van der Waals surface area contributed by atoms with Gasteiger partial charge < -0.3 is 10.1 Å². The van der Waals surface area contributed by atoms with Crippen LogP contribution in [0.2, 0.25) is 0 Å². The Balaban J connectivity index is 1.62. The van der Waals surface area contributed by atoms with Crippen LogP contribution in [0.15, 0.2) is 60.8 Å². The summed E-state index contributed by atoms with van der Waals surface area (Å²) in [6.45, 7) is 2.24. The Hall–Kier alpha value is -3.10. The van der Waals surface area contributed by atoms with E-state index in [4.69, 9.17) is 10.00 Å². The molecule has 0 amide bonds. The first-order valence-corrected chi connectivity index (χ1v) is 9.12. The average Bonchev–Trinajstić information content (AvgIpc) is 3.14. The van der Waals surface area contributed by atoms with Crippen LogP contribution in [0, 0.1) is 11.3 Å². The molecule has 138 valence electrons. The normalized spacial score (nSPS) is 10.5. The predicted octanol–water partition coefficient (Wildman–Crippen LogP) is 3.80. The van der Waals surface area contributed by atoms with Crippen LogP contribution >= 0.6 is 0 Å². The van der Waals surface area contributed by atoms with Crippen LogP contribution in [0.3, 0.4) is 0 Å². The minimum Gasteiger partial charge on any atom is -0.497 e. The lowest BCUT2D eigenvalue weighted by molar-refractivity contribution is 0.414. The first-order valence-electron chi connectivity index (χ1n) is 9.12. The highest BCUT2D eigenvalue weighted by molar-refractivity contribution is 5.62. The molecule has 0 atom stereocenters. The van der Waals surface area contributed by atoms with E-state index in [-0.39, 0.29) is 0 Å². The number of methoxy groups -OCH3 is 1. The van der Waals surface area contributed by atoms with E-state index >= 15 is 0 Å². The van der Waals surface area contributed by atoms with Crippen molar-refractivity contribution in [2.24, 2.45) is 0 Å². The van der Waals surface area contributed by atoms with E-state index < -0.39 is 0 Å². The quantitative estimate of drug-likeness (QED) is 0.590. The van der Waals surface area contributed by atoms with E-state index in [1.807, 2.05) is 41.2 Å². The minimum atomic E-state index is 0.459. The summed E-state index contributed by atoms with van der Waals surface area (Å²) in [5.74, 6) is 0.879. The third-order valence-electron chi connectivity index (χ3n) is 4.40. The highest BCUT2D eigenvalue weighted by atomic mass is 16.5. The monoisotopic (exact) mass is 360 g/mol. The SMILES string of the molecule is COc1ccc(CCNCc2cn(CCC#N)nc2-c2ccccc2)cc1. The van der Waals surface area contributed by atoms with Crippen LogP contribution in [-0.4, -0.2) is 23.4 Å². The maximum Gasteiger partial charge on any atom is 0.118 e. The summed E-state index contributed by atoms with van der Waals surface area (Å²) in [7, 11) is 1.68. The number of hydrogen-bond donors (Lipinski definition) is 1. The van der Waals surface area contributed by atoms with Gasteiger partial charge in [-0.25, -0.2) is 0 Å². The molecule has 0 aliphatic carbocycles. The topological polar surface area (TPSA) is 62.9 Å². The summed E-state index contributed by atoms with van der Waals surface area (Å²) in [6, 6.07) is 20.5. The zero-order valence-electron chi connectivity index (χ0n) is 15.6. The van der Waals surface area contributed by atoms with E-state index in [9.17, 15) is 0 Å². The fourth-order valence-electron chi connectivity index (χ4n) is 2.96. The summed E-state index contributed by atoms with van der Waals surface area (Å²) in [4.78, 5) is 0. The number of aryl methyl sites for hydroxylation is 1. The van der Waals surface area contributed by atoms with Crippen molar-refractivity contribution in [2.45, 2.75) is 25.9 Å². The Bertz CT molecular complexity index is 879. The largest absolute Gasteiger partial charge is 0.497 e. The van der Waals surface area contributed by atoms with Crippen molar-refractivity contribution in [3.8, 4) is 23.1 Å². The Morgan fingerprint density at radius 3 is 2.59 bits per heavy atom. The molecular weight excluding hydrogens is 336 g/mol. The maximum absolute atomic E-state index is 8.82. The number of hydrogen-bond acceptors (Lipinski definition) is 4. The van der Waals surface area contributed by atoms with Gasteiger partial charge in [-0.3, -0.25) is 4.68 Å². The number of aromatic nitrogens is 2. The van der Waals surface area contributed by atoms with Crippen molar-refractivity contribution in [1.29, 1.82) is 5.26 Å². The number of nitrogens with one attached hydrogen (secondary N) is 1. The van der Waals surface area contributed by atoms with E-state index in [0.29, 0.717) is 13.0 Å². The van der Waals surface area contributed by atoms with Crippen LogP contribution < -0.4 is 10.1 Å². The molecule has 1 N–H and O–H groups in total. The molecule has 3 rings (SSSR count). The number of rotatable bonds is 9. The molecule has 5 heteroatoms. The van der Waals surface area contributed by atoms with Crippen molar-refractivity contribution < 1.29 is 4.74 Å². The molecule has 0 saturated heterocycles. The molecule has 0 aliphatic heterocycles. The zero-order chi connectivity index (χ0) is 18.9. The van der Waals surface area contributed by atoms with Crippen LogP contribution in [0.1, 0.15) is 17.5 Å². The standard InChI is InChI=1S/C22H24N4O/c1-27-21-10-8-18(9-11-21)12-14-24-16-20-17-26(15-5-13-23)25-22(20)19-6-3-2-4-7-19/h2-4,6-11,17,24H,5,12,14-16H2,1H3. The molecule has 0 spiro atoms. The van der Waals surface area contributed by atoms with Crippen LogP contribution in [0.25, 0.3) is 11.3 Å². The molecular formula is C22H24N4O. The lowest BCUT2D eigenvalue weighted by atomic mass is 10.1. The van der Waals surface area contributed by atoms with Gasteiger partial charge in [-0.15, -0.1) is 0 Å². The molecule has 0 bridgehead atoms.